The minimum atomic E-state index is -4.47. The first-order valence-corrected chi connectivity index (χ1v) is 6.31. The summed E-state index contributed by atoms with van der Waals surface area (Å²) in [4.78, 5) is 12.1. The third-order valence-corrected chi connectivity index (χ3v) is 2.96. The van der Waals surface area contributed by atoms with E-state index in [1.807, 2.05) is 0 Å². The predicted molar refractivity (Wildman–Crippen MR) is 53.6 cm³/mol. The van der Waals surface area contributed by atoms with E-state index in [2.05, 4.69) is 4.98 Å². The Morgan fingerprint density at radius 2 is 2.11 bits per heavy atom. The molecule has 1 aromatic heterocycles. The lowest BCUT2D eigenvalue weighted by Gasteiger charge is -2.03. The zero-order valence-electron chi connectivity index (χ0n) is 8.17. The van der Waals surface area contributed by atoms with Crippen LogP contribution in [0.3, 0.4) is 0 Å². The van der Waals surface area contributed by atoms with Gasteiger partial charge in [-0.2, -0.15) is 5.26 Å². The molecule has 0 spiro atoms. The Morgan fingerprint density at radius 1 is 1.56 bits per heavy atom. The second kappa shape index (κ2) is 4.79. The average Bonchev–Trinajstić information content (AvgIpc) is 2.25. The van der Waals surface area contributed by atoms with Crippen LogP contribution in [0, 0.1) is 21.4 Å². The molecule has 1 heterocycles. The second-order valence-corrected chi connectivity index (χ2v) is 5.37. The van der Waals surface area contributed by atoms with E-state index < -0.39 is 42.4 Å². The van der Waals surface area contributed by atoms with Gasteiger partial charge in [-0.05, 0) is 9.91 Å². The molecule has 96 valence electrons. The molecule has 0 saturated heterocycles. The van der Waals surface area contributed by atoms with Crippen LogP contribution in [0.25, 0.3) is 0 Å². The SMILES string of the molecule is N#Cc1cc(S(=O)(=O)Cl)nc([N+](=O)[O-])c1C(F)F. The number of rotatable bonds is 3. The standard InChI is InChI=1S/C7H2ClF2N3O4S/c8-18(16,17)4-1-3(2-11)5(6(9)10)7(12-4)13(14)15/h1,6H. The van der Waals surface area contributed by atoms with E-state index in [-0.39, 0.29) is 0 Å². The molecule has 0 N–H and O–H groups in total. The van der Waals surface area contributed by atoms with Gasteiger partial charge in [0.2, 0.25) is 0 Å². The number of halogens is 3. The van der Waals surface area contributed by atoms with Gasteiger partial charge in [-0.3, -0.25) is 0 Å². The van der Waals surface area contributed by atoms with Crippen molar-refractivity contribution >= 4 is 25.6 Å². The second-order valence-electron chi connectivity index (χ2n) is 2.85. The Labute approximate surface area is 103 Å². The molecular formula is C7H2ClF2N3O4S. The first-order valence-electron chi connectivity index (χ1n) is 4.00. The van der Waals surface area contributed by atoms with Gasteiger partial charge in [-0.1, -0.05) is 0 Å². The molecule has 0 aliphatic carbocycles. The number of nitriles is 1. The van der Waals surface area contributed by atoms with E-state index in [0.29, 0.717) is 6.07 Å². The molecule has 0 aromatic carbocycles. The van der Waals surface area contributed by atoms with E-state index in [1.165, 1.54) is 6.07 Å². The monoisotopic (exact) mass is 297 g/mol. The van der Waals surface area contributed by atoms with Crippen molar-refractivity contribution in [3.8, 4) is 6.07 Å². The van der Waals surface area contributed by atoms with Gasteiger partial charge in [0, 0.05) is 16.7 Å². The van der Waals surface area contributed by atoms with Crippen LogP contribution in [0.15, 0.2) is 11.1 Å². The zero-order chi connectivity index (χ0) is 14.1. The van der Waals surface area contributed by atoms with Gasteiger partial charge in [0.15, 0.2) is 0 Å². The zero-order valence-corrected chi connectivity index (χ0v) is 9.74. The lowest BCUT2D eigenvalue weighted by Crippen LogP contribution is -2.06. The van der Waals surface area contributed by atoms with Crippen LogP contribution in [0.4, 0.5) is 14.6 Å². The molecule has 7 nitrogen and oxygen atoms in total. The Morgan fingerprint density at radius 3 is 2.44 bits per heavy atom. The number of nitro groups is 1. The molecule has 0 bridgehead atoms. The van der Waals surface area contributed by atoms with Crippen LogP contribution < -0.4 is 0 Å². The van der Waals surface area contributed by atoms with Crippen LogP contribution in [0.1, 0.15) is 17.6 Å². The van der Waals surface area contributed by atoms with E-state index >= 15 is 0 Å². The number of hydrogen-bond donors (Lipinski definition) is 0. The maximum Gasteiger partial charge on any atom is 0.375 e. The van der Waals surface area contributed by atoms with Crippen molar-refractivity contribution in [2.75, 3.05) is 0 Å². The number of aromatic nitrogens is 1. The van der Waals surface area contributed by atoms with Crippen molar-refractivity contribution in [3.63, 3.8) is 0 Å². The molecule has 0 unspecified atom stereocenters. The van der Waals surface area contributed by atoms with Crippen molar-refractivity contribution in [2.24, 2.45) is 0 Å². The summed E-state index contributed by atoms with van der Waals surface area (Å²) in [5.74, 6) is -1.41. The topological polar surface area (TPSA) is 114 Å². The summed E-state index contributed by atoms with van der Waals surface area (Å²) in [5, 5.41) is 18.1. The molecule has 11 heteroatoms. The van der Waals surface area contributed by atoms with Crippen molar-refractivity contribution in [3.05, 3.63) is 27.3 Å². The van der Waals surface area contributed by atoms with E-state index in [1.54, 1.807) is 0 Å². The van der Waals surface area contributed by atoms with Crippen LogP contribution in [0.5, 0.6) is 0 Å². The molecule has 0 aliphatic rings. The summed E-state index contributed by atoms with van der Waals surface area (Å²) in [7, 11) is 0.413. The fourth-order valence-electron chi connectivity index (χ4n) is 1.09. The molecule has 0 aliphatic heterocycles. The smallest absolute Gasteiger partial charge is 0.358 e. The summed E-state index contributed by atoms with van der Waals surface area (Å²) in [6.45, 7) is 0. The summed E-state index contributed by atoms with van der Waals surface area (Å²) < 4.78 is 47.1. The Balaban J connectivity index is 3.77. The molecular weight excluding hydrogens is 296 g/mol. The minimum absolute atomic E-state index is 0.455. The fourth-order valence-corrected chi connectivity index (χ4v) is 1.78. The molecule has 1 aromatic rings. The van der Waals surface area contributed by atoms with Crippen LogP contribution in [-0.2, 0) is 9.05 Å². The lowest BCUT2D eigenvalue weighted by molar-refractivity contribution is -0.391. The Bertz CT molecular complexity index is 655. The Hall–Kier alpha value is -1.86. The van der Waals surface area contributed by atoms with Crippen molar-refractivity contribution < 1.29 is 22.1 Å². The summed E-state index contributed by atoms with van der Waals surface area (Å²) in [5.41, 5.74) is -2.11. The first-order chi connectivity index (χ1) is 8.18. The summed E-state index contributed by atoms with van der Waals surface area (Å²) in [6, 6.07) is 1.69. The molecule has 0 fully saturated rings. The number of alkyl halides is 2. The van der Waals surface area contributed by atoms with Gasteiger partial charge >= 0.3 is 14.9 Å². The van der Waals surface area contributed by atoms with Crippen molar-refractivity contribution in [1.82, 2.24) is 4.98 Å². The third-order valence-electron chi connectivity index (χ3n) is 1.78. The van der Waals surface area contributed by atoms with Crippen LogP contribution >= 0.6 is 10.7 Å². The van der Waals surface area contributed by atoms with E-state index in [4.69, 9.17) is 15.9 Å². The number of hydrogen-bond acceptors (Lipinski definition) is 6. The van der Waals surface area contributed by atoms with Gasteiger partial charge in [0.1, 0.15) is 11.6 Å². The number of nitrogens with zero attached hydrogens (tertiary/aromatic N) is 3. The maximum absolute atomic E-state index is 12.6. The van der Waals surface area contributed by atoms with Crippen molar-refractivity contribution in [2.45, 2.75) is 11.5 Å². The first kappa shape index (κ1) is 14.2. The lowest BCUT2D eigenvalue weighted by atomic mass is 10.1. The Kier molecular flexibility index (Phi) is 3.78. The van der Waals surface area contributed by atoms with Gasteiger partial charge in [0.25, 0.3) is 11.5 Å². The van der Waals surface area contributed by atoms with Crippen LogP contribution in [-0.4, -0.2) is 18.3 Å². The van der Waals surface area contributed by atoms with Gasteiger partial charge in [-0.15, -0.1) is 0 Å². The predicted octanol–water partition coefficient (Wildman–Crippen LogP) is 1.73. The molecule has 0 saturated carbocycles. The highest BCUT2D eigenvalue weighted by atomic mass is 35.7. The average molecular weight is 298 g/mol. The highest BCUT2D eigenvalue weighted by molar-refractivity contribution is 8.13. The van der Waals surface area contributed by atoms with E-state index in [9.17, 15) is 27.3 Å². The summed E-state index contributed by atoms with van der Waals surface area (Å²) in [6.07, 6.45) is -3.35. The van der Waals surface area contributed by atoms with Gasteiger partial charge in [-0.25, -0.2) is 17.2 Å². The maximum atomic E-state index is 12.6. The minimum Gasteiger partial charge on any atom is -0.358 e. The van der Waals surface area contributed by atoms with Gasteiger partial charge < -0.3 is 10.1 Å². The fraction of sp³-hybridized carbons (Fsp3) is 0.143. The molecule has 1 rings (SSSR count). The molecule has 18 heavy (non-hydrogen) atoms. The van der Waals surface area contributed by atoms with Gasteiger partial charge in [0.05, 0.1) is 5.56 Å². The normalized spacial score (nSPS) is 11.3. The highest BCUT2D eigenvalue weighted by Gasteiger charge is 2.32. The number of pyridine rings is 1. The van der Waals surface area contributed by atoms with Crippen molar-refractivity contribution in [1.29, 1.82) is 5.26 Å². The van der Waals surface area contributed by atoms with Crippen LogP contribution in [0.2, 0.25) is 0 Å². The van der Waals surface area contributed by atoms with E-state index in [0.717, 1.165) is 0 Å². The third kappa shape index (κ3) is 2.69. The molecule has 0 atom stereocenters. The molecule has 0 radical (unpaired) electrons. The molecule has 0 amide bonds. The summed E-state index contributed by atoms with van der Waals surface area (Å²) >= 11 is 0. The largest absolute Gasteiger partial charge is 0.375 e. The highest BCUT2D eigenvalue weighted by Crippen LogP contribution is 2.32. The quantitative estimate of drug-likeness (QED) is 0.477.